The van der Waals surface area contributed by atoms with Gasteiger partial charge in [-0.05, 0) is 74.8 Å². The summed E-state index contributed by atoms with van der Waals surface area (Å²) in [7, 11) is 1.48. The van der Waals surface area contributed by atoms with Crippen molar-refractivity contribution in [3.05, 3.63) is 53.9 Å². The highest BCUT2D eigenvalue weighted by molar-refractivity contribution is 5.97. The third kappa shape index (κ3) is 4.69. The number of methoxy groups -OCH3 is 1. The Bertz CT molecular complexity index is 1400. The highest BCUT2D eigenvalue weighted by Crippen LogP contribution is 2.41. The zero-order valence-corrected chi connectivity index (χ0v) is 21.3. The number of carbonyl (C=O) groups is 1. The van der Waals surface area contributed by atoms with E-state index in [9.17, 15) is 14.3 Å². The molecule has 1 amide bonds. The molecule has 3 N–H and O–H groups in total. The van der Waals surface area contributed by atoms with Gasteiger partial charge < -0.3 is 20.1 Å². The lowest BCUT2D eigenvalue weighted by Crippen LogP contribution is -2.48. The van der Waals surface area contributed by atoms with Crippen LogP contribution >= 0.6 is 0 Å². The molecule has 1 saturated heterocycles. The molecule has 7 nitrogen and oxygen atoms in total. The van der Waals surface area contributed by atoms with Crippen LogP contribution in [0.5, 0.6) is 5.75 Å². The molecule has 2 bridgehead atoms. The van der Waals surface area contributed by atoms with E-state index in [4.69, 9.17) is 4.74 Å². The minimum atomic E-state index is -0.547. The van der Waals surface area contributed by atoms with Crippen molar-refractivity contribution >= 4 is 22.5 Å². The topological polar surface area (TPSA) is 90.5 Å². The number of aromatic amines is 1. The molecule has 3 aromatic rings. The maximum Gasteiger partial charge on any atom is 0.234 e. The van der Waals surface area contributed by atoms with Crippen molar-refractivity contribution in [2.75, 3.05) is 13.7 Å². The number of aromatic nitrogens is 2. The number of nitrogens with one attached hydrogen (secondary N) is 2. The third-order valence-corrected chi connectivity index (χ3v) is 8.32. The number of rotatable bonds is 6. The average Bonchev–Trinajstić information content (AvgIpc) is 3.42. The first kappa shape index (κ1) is 25.0. The van der Waals surface area contributed by atoms with Gasteiger partial charge in [0.05, 0.1) is 26.0 Å². The van der Waals surface area contributed by atoms with Gasteiger partial charge in [-0.3, -0.25) is 9.69 Å². The minimum absolute atomic E-state index is 0.0408. The molecular formula is C29H32F2N4O3. The van der Waals surface area contributed by atoms with E-state index in [1.807, 2.05) is 6.07 Å². The van der Waals surface area contributed by atoms with Crippen LogP contribution in [0.3, 0.4) is 0 Å². The summed E-state index contributed by atoms with van der Waals surface area (Å²) in [5.74, 6) is -0.597. The fourth-order valence-corrected chi connectivity index (χ4v) is 6.40. The second-order valence-electron chi connectivity index (χ2n) is 10.7. The van der Waals surface area contributed by atoms with E-state index in [0.717, 1.165) is 62.4 Å². The molecule has 0 unspecified atom stereocenters. The summed E-state index contributed by atoms with van der Waals surface area (Å²) in [5, 5.41) is 13.4. The van der Waals surface area contributed by atoms with E-state index < -0.39 is 11.6 Å². The summed E-state index contributed by atoms with van der Waals surface area (Å²) in [6.07, 6.45) is 8.99. The van der Waals surface area contributed by atoms with E-state index >= 15 is 4.39 Å². The zero-order valence-electron chi connectivity index (χ0n) is 21.3. The predicted molar refractivity (Wildman–Crippen MR) is 141 cm³/mol. The number of nitrogens with zero attached hydrogens (tertiary/aromatic N) is 2. The summed E-state index contributed by atoms with van der Waals surface area (Å²) in [4.78, 5) is 22.7. The lowest BCUT2D eigenvalue weighted by molar-refractivity contribution is -0.123. The van der Waals surface area contributed by atoms with Gasteiger partial charge in [-0.25, -0.2) is 13.8 Å². The second kappa shape index (κ2) is 10.1. The van der Waals surface area contributed by atoms with E-state index in [2.05, 4.69) is 26.3 Å². The first-order valence-corrected chi connectivity index (χ1v) is 13.3. The SMILES string of the molecule is COc1ccc(F)cc1-c1c(F)cnc2[nH]c(C3=C[C@H]4CC[C@H](C3)N4CC(=O)NC3CCC(O)CC3)cc12. The molecule has 1 aromatic carbocycles. The van der Waals surface area contributed by atoms with Crippen LogP contribution in [0.2, 0.25) is 0 Å². The Hall–Kier alpha value is -3.30. The lowest BCUT2D eigenvalue weighted by Gasteiger charge is -2.34. The van der Waals surface area contributed by atoms with Crippen molar-refractivity contribution in [1.82, 2.24) is 20.2 Å². The standard InChI is InChI=1S/C29H32F2N4O3/c1-38-26-9-2-17(30)12-22(26)28-23-13-25(34-29(23)32-14-24(28)31)16-10-19-5-6-20(11-16)35(19)15-27(37)33-18-3-7-21(36)8-4-18/h2,9-10,12-14,18-21,36H,3-8,11,15H2,1H3,(H,32,34)(H,33,37)/t18?,19-,20-,21?/m1/s1. The molecular weight excluding hydrogens is 490 g/mol. The van der Waals surface area contributed by atoms with Crippen molar-refractivity contribution in [2.24, 2.45) is 0 Å². The molecule has 1 aliphatic carbocycles. The van der Waals surface area contributed by atoms with E-state index in [1.165, 1.54) is 25.3 Å². The van der Waals surface area contributed by atoms with Crippen LogP contribution in [0, 0.1) is 11.6 Å². The maximum atomic E-state index is 15.1. The first-order valence-electron chi connectivity index (χ1n) is 13.3. The number of aliphatic hydroxyl groups excluding tert-OH is 1. The fraction of sp³-hybridized carbons (Fsp3) is 0.448. The van der Waals surface area contributed by atoms with Gasteiger partial charge in [-0.15, -0.1) is 0 Å². The predicted octanol–water partition coefficient (Wildman–Crippen LogP) is 4.56. The number of halogens is 2. The number of H-pyrrole nitrogens is 1. The van der Waals surface area contributed by atoms with Gasteiger partial charge in [0.25, 0.3) is 0 Å². The highest BCUT2D eigenvalue weighted by atomic mass is 19.1. The summed E-state index contributed by atoms with van der Waals surface area (Å²) >= 11 is 0. The Labute approximate surface area is 219 Å². The van der Waals surface area contributed by atoms with Crippen LogP contribution < -0.4 is 10.1 Å². The third-order valence-electron chi connectivity index (χ3n) is 8.32. The molecule has 9 heteroatoms. The summed E-state index contributed by atoms with van der Waals surface area (Å²) in [6.45, 7) is 0.362. The van der Waals surface area contributed by atoms with Gasteiger partial charge >= 0.3 is 0 Å². The molecule has 3 aliphatic rings. The first-order chi connectivity index (χ1) is 18.4. The minimum Gasteiger partial charge on any atom is -0.496 e. The maximum absolute atomic E-state index is 15.1. The highest BCUT2D eigenvalue weighted by Gasteiger charge is 2.38. The smallest absolute Gasteiger partial charge is 0.234 e. The summed E-state index contributed by atoms with van der Waals surface area (Å²) in [6, 6.07) is 6.49. The van der Waals surface area contributed by atoms with Gasteiger partial charge in [-0.2, -0.15) is 0 Å². The fourth-order valence-electron chi connectivity index (χ4n) is 6.40. The van der Waals surface area contributed by atoms with Crippen molar-refractivity contribution in [2.45, 2.75) is 69.2 Å². The van der Waals surface area contributed by atoms with E-state index in [-0.39, 0.29) is 35.7 Å². The number of fused-ring (bicyclic) bond motifs is 3. The Morgan fingerprint density at radius 2 is 2.00 bits per heavy atom. The normalized spacial score (nSPS) is 25.4. The van der Waals surface area contributed by atoms with Gasteiger partial charge in [0.1, 0.15) is 23.0 Å². The molecule has 2 aromatic heterocycles. The molecule has 200 valence electrons. The van der Waals surface area contributed by atoms with E-state index in [0.29, 0.717) is 28.9 Å². The Morgan fingerprint density at radius 1 is 1.18 bits per heavy atom. The van der Waals surface area contributed by atoms with Crippen molar-refractivity contribution in [1.29, 1.82) is 0 Å². The molecule has 6 rings (SSSR count). The average molecular weight is 523 g/mol. The van der Waals surface area contributed by atoms with Crippen LogP contribution in [0.1, 0.15) is 50.6 Å². The van der Waals surface area contributed by atoms with Crippen LogP contribution in [0.4, 0.5) is 8.78 Å². The lowest BCUT2D eigenvalue weighted by atomic mass is 9.93. The van der Waals surface area contributed by atoms with Crippen LogP contribution in [0.25, 0.3) is 27.7 Å². The Kier molecular flexibility index (Phi) is 6.65. The molecule has 1 saturated carbocycles. The van der Waals surface area contributed by atoms with Crippen LogP contribution in [-0.4, -0.2) is 63.8 Å². The van der Waals surface area contributed by atoms with Gasteiger partial charge in [0.15, 0.2) is 0 Å². The van der Waals surface area contributed by atoms with Gasteiger partial charge in [-0.1, -0.05) is 6.08 Å². The molecule has 2 fully saturated rings. The number of aliphatic hydroxyl groups is 1. The zero-order chi connectivity index (χ0) is 26.4. The van der Waals surface area contributed by atoms with Crippen molar-refractivity contribution in [3.63, 3.8) is 0 Å². The molecule has 4 heterocycles. The Balaban J connectivity index is 1.24. The summed E-state index contributed by atoms with van der Waals surface area (Å²) in [5.41, 5.74) is 3.09. The number of carbonyl (C=O) groups excluding carboxylic acids is 1. The molecule has 2 atom stereocenters. The summed E-state index contributed by atoms with van der Waals surface area (Å²) < 4.78 is 34.6. The molecule has 0 spiro atoms. The van der Waals surface area contributed by atoms with Gasteiger partial charge in [0, 0.05) is 40.3 Å². The second-order valence-corrected chi connectivity index (χ2v) is 10.7. The quantitative estimate of drug-likeness (QED) is 0.442. The number of ether oxygens (including phenoxy) is 1. The van der Waals surface area contributed by atoms with Crippen molar-refractivity contribution < 1.29 is 23.4 Å². The number of amides is 1. The molecule has 0 radical (unpaired) electrons. The number of hydrogen-bond donors (Lipinski definition) is 3. The van der Waals surface area contributed by atoms with Crippen molar-refractivity contribution in [3.8, 4) is 16.9 Å². The van der Waals surface area contributed by atoms with Crippen LogP contribution in [0.15, 0.2) is 36.5 Å². The van der Waals surface area contributed by atoms with E-state index in [1.54, 1.807) is 0 Å². The number of benzene rings is 1. The number of pyridine rings is 1. The Morgan fingerprint density at radius 3 is 2.76 bits per heavy atom. The van der Waals surface area contributed by atoms with Crippen LogP contribution in [-0.2, 0) is 4.79 Å². The number of hydrogen-bond acceptors (Lipinski definition) is 5. The monoisotopic (exact) mass is 522 g/mol. The molecule has 2 aliphatic heterocycles. The van der Waals surface area contributed by atoms with Gasteiger partial charge in [0.2, 0.25) is 5.91 Å². The molecule has 38 heavy (non-hydrogen) atoms. The largest absolute Gasteiger partial charge is 0.496 e.